The van der Waals surface area contributed by atoms with Crippen LogP contribution in [0.1, 0.15) is 34.6 Å². The van der Waals surface area contributed by atoms with Gasteiger partial charge in [0.1, 0.15) is 21.2 Å². The van der Waals surface area contributed by atoms with E-state index in [9.17, 15) is 50.5 Å². The monoisotopic (exact) mass is 856 g/mol. The number of nitrogens with zero attached hydrogens (tertiary/aromatic N) is 4. The number of fused-ring (bicyclic) bond motifs is 2. The van der Waals surface area contributed by atoms with Crippen LogP contribution in [0, 0.1) is 0 Å². The van der Waals surface area contributed by atoms with E-state index < -0.39 is 70.9 Å². The first kappa shape index (κ1) is 42.3. The van der Waals surface area contributed by atoms with Crippen LogP contribution in [-0.4, -0.2) is 67.3 Å². The van der Waals surface area contributed by atoms with Crippen molar-refractivity contribution in [3.8, 4) is 11.5 Å². The van der Waals surface area contributed by atoms with Crippen molar-refractivity contribution in [2.24, 2.45) is 20.5 Å². The fourth-order valence-electron chi connectivity index (χ4n) is 5.71. The van der Waals surface area contributed by atoms with Gasteiger partial charge in [-0.15, -0.1) is 10.2 Å². The number of amides is 2. The first-order valence-electron chi connectivity index (χ1n) is 17.5. The lowest BCUT2D eigenvalue weighted by molar-refractivity contribution is 0.0517. The standard InChI is InChI=1S/C39H32N6O13S2/c1-3-57-37(48)21-5-9-25(10-6-21)42-44-33-31(59(51,52)53)19-23-17-27(13-15-29(23)35(33)46)40-39(50)41-28-14-16-30-24(18-28)20-32(60(54,55)56)34(36(30)47)45-43-26-11-7-22(8-12-26)38(49)58-4-2/h5-20,46-47H,3-4H2,1-2H3,(H2,40,41,50)(H,51,52,53)(H,54,55,56). The van der Waals surface area contributed by atoms with E-state index >= 15 is 0 Å². The Morgan fingerprint density at radius 1 is 0.550 bits per heavy atom. The fourth-order valence-corrected chi connectivity index (χ4v) is 7.03. The van der Waals surface area contributed by atoms with Crippen LogP contribution in [0.2, 0.25) is 0 Å². The third-order valence-corrected chi connectivity index (χ3v) is 10.2. The van der Waals surface area contributed by atoms with Crippen molar-refractivity contribution in [1.82, 2.24) is 0 Å². The molecule has 6 rings (SSSR count). The van der Waals surface area contributed by atoms with Crippen molar-refractivity contribution < 1.29 is 60.0 Å². The minimum atomic E-state index is -4.98. The van der Waals surface area contributed by atoms with Crippen molar-refractivity contribution in [2.75, 3.05) is 23.8 Å². The van der Waals surface area contributed by atoms with Gasteiger partial charge in [0.2, 0.25) is 0 Å². The number of aromatic hydroxyl groups is 2. The molecule has 0 atom stereocenters. The van der Waals surface area contributed by atoms with Crippen molar-refractivity contribution >= 4 is 93.9 Å². The first-order valence-corrected chi connectivity index (χ1v) is 20.3. The van der Waals surface area contributed by atoms with E-state index in [1.165, 1.54) is 84.9 Å². The highest BCUT2D eigenvalue weighted by Crippen LogP contribution is 2.43. The molecule has 0 aliphatic carbocycles. The predicted molar refractivity (Wildman–Crippen MR) is 217 cm³/mol. The number of urea groups is 1. The molecule has 2 amide bonds. The van der Waals surface area contributed by atoms with E-state index in [0.717, 1.165) is 12.1 Å². The first-order chi connectivity index (χ1) is 28.5. The smallest absolute Gasteiger partial charge is 0.338 e. The fraction of sp³-hybridized carbons (Fsp3) is 0.103. The molecule has 0 saturated carbocycles. The van der Waals surface area contributed by atoms with Gasteiger partial charge in [0.25, 0.3) is 20.2 Å². The number of rotatable bonds is 12. The number of phenols is 2. The summed E-state index contributed by atoms with van der Waals surface area (Å²) in [5.74, 6) is -2.42. The lowest BCUT2D eigenvalue weighted by atomic mass is 10.1. The van der Waals surface area contributed by atoms with Gasteiger partial charge in [0.05, 0.1) is 35.7 Å². The van der Waals surface area contributed by atoms with Gasteiger partial charge < -0.3 is 30.3 Å². The van der Waals surface area contributed by atoms with Gasteiger partial charge in [0.15, 0.2) is 11.5 Å². The maximum Gasteiger partial charge on any atom is 0.338 e. The number of azo groups is 2. The van der Waals surface area contributed by atoms with Crippen LogP contribution in [0.3, 0.4) is 0 Å². The molecule has 6 aromatic carbocycles. The summed E-state index contributed by atoms with van der Waals surface area (Å²) in [5, 5.41) is 43.0. The van der Waals surface area contributed by atoms with Gasteiger partial charge in [-0.3, -0.25) is 9.11 Å². The summed E-state index contributed by atoms with van der Waals surface area (Å²) >= 11 is 0. The molecule has 0 aromatic heterocycles. The quantitative estimate of drug-likeness (QED) is 0.0382. The SMILES string of the molecule is CCOC(=O)c1ccc(N=Nc2c(S(=O)(=O)O)cc3cc(NC(=O)Nc4ccc5c(O)c(N=Nc6ccc(C(=O)OCC)cc6)c(S(=O)(=O)O)cc5c4)ccc3c2O)cc1. The summed E-state index contributed by atoms with van der Waals surface area (Å²) in [7, 11) is -9.96. The number of hydrogen-bond acceptors (Lipinski definition) is 15. The number of nitrogens with one attached hydrogen (secondary N) is 2. The summed E-state index contributed by atoms with van der Waals surface area (Å²) in [6, 6.07) is 20.6. The third kappa shape index (κ3) is 9.51. The van der Waals surface area contributed by atoms with Crippen molar-refractivity contribution in [1.29, 1.82) is 0 Å². The lowest BCUT2D eigenvalue weighted by Gasteiger charge is -2.13. The Kier molecular flexibility index (Phi) is 12.2. The number of carbonyl (C=O) groups excluding carboxylic acids is 3. The van der Waals surface area contributed by atoms with E-state index in [-0.39, 0.29) is 68.6 Å². The van der Waals surface area contributed by atoms with Crippen LogP contribution < -0.4 is 10.6 Å². The largest absolute Gasteiger partial charge is 0.505 e. The average Bonchev–Trinajstić information content (AvgIpc) is 3.19. The van der Waals surface area contributed by atoms with Crippen LogP contribution in [0.15, 0.2) is 127 Å². The zero-order chi connectivity index (χ0) is 43.4. The summed E-state index contributed by atoms with van der Waals surface area (Å²) in [4.78, 5) is 35.3. The second kappa shape index (κ2) is 17.3. The molecule has 21 heteroatoms. The summed E-state index contributed by atoms with van der Waals surface area (Å²) in [5.41, 5.74) is -0.1000. The molecule has 0 aliphatic heterocycles. The maximum atomic E-state index is 13.1. The Balaban J connectivity index is 1.23. The highest BCUT2D eigenvalue weighted by Gasteiger charge is 2.24. The zero-order valence-electron chi connectivity index (χ0n) is 31.2. The molecule has 6 N–H and O–H groups in total. The highest BCUT2D eigenvalue weighted by molar-refractivity contribution is 7.86. The Morgan fingerprint density at radius 2 is 0.917 bits per heavy atom. The highest BCUT2D eigenvalue weighted by atomic mass is 32.2. The molecule has 0 radical (unpaired) electrons. The number of esters is 2. The molecule has 19 nitrogen and oxygen atoms in total. The molecule has 0 saturated heterocycles. The van der Waals surface area contributed by atoms with Crippen LogP contribution in [-0.2, 0) is 29.7 Å². The van der Waals surface area contributed by atoms with Crippen LogP contribution in [0.4, 0.5) is 38.9 Å². The van der Waals surface area contributed by atoms with E-state index in [1.54, 1.807) is 13.8 Å². The number of anilines is 2. The van der Waals surface area contributed by atoms with Crippen LogP contribution >= 0.6 is 0 Å². The molecule has 0 aliphatic rings. The number of ether oxygens (including phenoxy) is 2. The summed E-state index contributed by atoms with van der Waals surface area (Å²) in [6.45, 7) is 3.65. The van der Waals surface area contributed by atoms with Gasteiger partial charge in [-0.2, -0.15) is 27.1 Å². The van der Waals surface area contributed by atoms with Gasteiger partial charge in [-0.05, 0) is 122 Å². The van der Waals surface area contributed by atoms with Crippen molar-refractivity contribution in [2.45, 2.75) is 23.6 Å². The van der Waals surface area contributed by atoms with E-state index in [2.05, 4.69) is 31.1 Å². The Bertz CT molecular complexity index is 2770. The maximum absolute atomic E-state index is 13.1. The molecule has 60 heavy (non-hydrogen) atoms. The molecule has 0 bridgehead atoms. The molecule has 0 unspecified atom stereocenters. The predicted octanol–water partition coefficient (Wildman–Crippen LogP) is 8.73. The Hall–Kier alpha value is -7.33. The molecule has 0 heterocycles. The molecule has 308 valence electrons. The normalized spacial score (nSPS) is 11.9. The number of hydrogen-bond donors (Lipinski definition) is 6. The van der Waals surface area contributed by atoms with Gasteiger partial charge >= 0.3 is 18.0 Å². The number of carbonyl (C=O) groups is 3. The lowest BCUT2D eigenvalue weighted by Crippen LogP contribution is -2.19. The molecular formula is C39H32N6O13S2. The van der Waals surface area contributed by atoms with Crippen LogP contribution in [0.5, 0.6) is 11.5 Å². The van der Waals surface area contributed by atoms with Gasteiger partial charge in [-0.25, -0.2) is 14.4 Å². The summed E-state index contributed by atoms with van der Waals surface area (Å²) < 4.78 is 79.4. The zero-order valence-corrected chi connectivity index (χ0v) is 32.9. The molecular weight excluding hydrogens is 825 g/mol. The number of phenolic OH excluding ortho intramolecular Hbond substituents is 2. The van der Waals surface area contributed by atoms with Crippen molar-refractivity contribution in [3.05, 3.63) is 108 Å². The third-order valence-electron chi connectivity index (χ3n) is 8.46. The molecule has 6 aromatic rings. The topological polar surface area (TPSA) is 292 Å². The molecule has 0 fully saturated rings. The average molecular weight is 857 g/mol. The van der Waals surface area contributed by atoms with E-state index in [1.807, 2.05) is 0 Å². The Morgan fingerprint density at radius 3 is 1.25 bits per heavy atom. The minimum absolute atomic E-state index is 0.0660. The Labute approximate surface area is 340 Å². The van der Waals surface area contributed by atoms with Crippen molar-refractivity contribution in [3.63, 3.8) is 0 Å². The van der Waals surface area contributed by atoms with E-state index in [4.69, 9.17) is 9.47 Å². The van der Waals surface area contributed by atoms with Crippen LogP contribution in [0.25, 0.3) is 21.5 Å². The summed E-state index contributed by atoms with van der Waals surface area (Å²) in [6.07, 6.45) is 0. The van der Waals surface area contributed by atoms with Gasteiger partial charge in [-0.1, -0.05) is 0 Å². The number of benzene rings is 6. The van der Waals surface area contributed by atoms with Gasteiger partial charge in [0, 0.05) is 22.1 Å². The molecule has 0 spiro atoms. The van der Waals surface area contributed by atoms with E-state index in [0.29, 0.717) is 0 Å². The second-order valence-electron chi connectivity index (χ2n) is 12.5. The second-order valence-corrected chi connectivity index (χ2v) is 15.3. The minimum Gasteiger partial charge on any atom is -0.505 e.